The molecule has 0 heterocycles. The Balaban J connectivity index is 2.46. The first-order valence-corrected chi connectivity index (χ1v) is 8.73. The lowest BCUT2D eigenvalue weighted by Crippen LogP contribution is -2.15. The van der Waals surface area contributed by atoms with E-state index in [-0.39, 0.29) is 21.9 Å². The van der Waals surface area contributed by atoms with Gasteiger partial charge in [0, 0.05) is 4.47 Å². The normalized spacial score (nSPS) is 11.1. The third-order valence-corrected chi connectivity index (χ3v) is 5.18. The number of phenolic OH excluding ortho intramolecular Hbond substituents is 1. The van der Waals surface area contributed by atoms with Crippen LogP contribution in [0.2, 0.25) is 0 Å². The molecule has 0 fully saturated rings. The highest BCUT2D eigenvalue weighted by Crippen LogP contribution is 2.30. The van der Waals surface area contributed by atoms with E-state index < -0.39 is 16.0 Å². The minimum atomic E-state index is -3.98. The van der Waals surface area contributed by atoms with Crippen molar-refractivity contribution in [3.8, 4) is 5.75 Å². The molecule has 2 aromatic carbocycles. The van der Waals surface area contributed by atoms with Gasteiger partial charge in [-0.15, -0.1) is 0 Å². The summed E-state index contributed by atoms with van der Waals surface area (Å²) >= 11 is 3.17. The molecule has 0 spiro atoms. The van der Waals surface area contributed by atoms with Gasteiger partial charge in [0.1, 0.15) is 5.75 Å². The van der Waals surface area contributed by atoms with E-state index in [4.69, 9.17) is 0 Å². The summed E-state index contributed by atoms with van der Waals surface area (Å²) in [5, 5.41) is 9.82. The third kappa shape index (κ3) is 3.65. The number of sulfonamides is 1. The van der Waals surface area contributed by atoms with E-state index >= 15 is 0 Å². The molecule has 0 atom stereocenters. The summed E-state index contributed by atoms with van der Waals surface area (Å²) in [7, 11) is -2.77. The van der Waals surface area contributed by atoms with Gasteiger partial charge in [0.25, 0.3) is 10.0 Å². The number of aromatic hydroxyl groups is 1. The summed E-state index contributed by atoms with van der Waals surface area (Å²) < 4.78 is 32.3. The fraction of sp³-hybridized carbons (Fsp3) is 0.133. The number of aryl methyl sites for hydroxylation is 1. The smallest absolute Gasteiger partial charge is 0.339 e. The van der Waals surface area contributed by atoms with E-state index in [0.29, 0.717) is 10.0 Å². The van der Waals surface area contributed by atoms with E-state index in [9.17, 15) is 18.3 Å². The molecule has 0 bridgehead atoms. The van der Waals surface area contributed by atoms with Gasteiger partial charge in [-0.2, -0.15) is 0 Å². The fourth-order valence-electron chi connectivity index (χ4n) is 1.92. The molecular formula is C15H14BrNO5S. The number of para-hydroxylation sites is 1. The van der Waals surface area contributed by atoms with Gasteiger partial charge >= 0.3 is 5.97 Å². The highest BCUT2D eigenvalue weighted by molar-refractivity contribution is 9.10. The monoisotopic (exact) mass is 399 g/mol. The molecule has 6 nitrogen and oxygen atoms in total. The molecule has 0 radical (unpaired) electrons. The van der Waals surface area contributed by atoms with Gasteiger partial charge in [0.2, 0.25) is 0 Å². The Hall–Kier alpha value is -2.06. The lowest BCUT2D eigenvalue weighted by atomic mass is 10.2. The average molecular weight is 400 g/mol. The zero-order valence-electron chi connectivity index (χ0n) is 12.3. The molecule has 23 heavy (non-hydrogen) atoms. The number of hydrogen-bond acceptors (Lipinski definition) is 5. The van der Waals surface area contributed by atoms with Crippen molar-refractivity contribution in [1.29, 1.82) is 0 Å². The number of benzene rings is 2. The third-order valence-electron chi connectivity index (χ3n) is 3.14. The van der Waals surface area contributed by atoms with Crippen molar-refractivity contribution in [3.63, 3.8) is 0 Å². The van der Waals surface area contributed by atoms with Crippen LogP contribution < -0.4 is 4.72 Å². The minimum Gasteiger partial charge on any atom is -0.506 e. The van der Waals surface area contributed by atoms with Crippen molar-refractivity contribution in [2.75, 3.05) is 11.8 Å². The summed E-state index contributed by atoms with van der Waals surface area (Å²) in [6.07, 6.45) is 0. The van der Waals surface area contributed by atoms with Crippen LogP contribution in [-0.2, 0) is 14.8 Å². The van der Waals surface area contributed by atoms with Crippen LogP contribution in [0, 0.1) is 6.92 Å². The fourth-order valence-corrected chi connectivity index (χ4v) is 3.50. The maximum absolute atomic E-state index is 12.5. The second kappa shape index (κ2) is 6.59. The van der Waals surface area contributed by atoms with E-state index in [0.717, 1.165) is 0 Å². The molecule has 0 aromatic heterocycles. The number of esters is 1. The Bertz CT molecular complexity index is 844. The first-order valence-electron chi connectivity index (χ1n) is 6.45. The second-order valence-electron chi connectivity index (χ2n) is 4.71. The number of rotatable bonds is 4. The molecule has 0 amide bonds. The van der Waals surface area contributed by atoms with Gasteiger partial charge in [-0.1, -0.05) is 12.1 Å². The Kier molecular flexibility index (Phi) is 4.96. The van der Waals surface area contributed by atoms with Crippen molar-refractivity contribution < 1.29 is 23.1 Å². The van der Waals surface area contributed by atoms with E-state index in [2.05, 4.69) is 25.4 Å². The van der Waals surface area contributed by atoms with Crippen LogP contribution in [0.3, 0.4) is 0 Å². The van der Waals surface area contributed by atoms with Crippen LogP contribution in [0.5, 0.6) is 5.75 Å². The molecule has 0 saturated heterocycles. The molecule has 2 N–H and O–H groups in total. The number of anilines is 1. The van der Waals surface area contributed by atoms with Crippen LogP contribution in [0.4, 0.5) is 5.69 Å². The number of methoxy groups -OCH3 is 1. The zero-order valence-corrected chi connectivity index (χ0v) is 14.7. The molecule has 0 saturated carbocycles. The summed E-state index contributed by atoms with van der Waals surface area (Å²) in [6.45, 7) is 1.67. The van der Waals surface area contributed by atoms with Crippen LogP contribution in [-0.4, -0.2) is 26.6 Å². The predicted molar refractivity (Wildman–Crippen MR) is 89.1 cm³/mol. The number of nitrogens with one attached hydrogen (secondary N) is 1. The lowest BCUT2D eigenvalue weighted by Gasteiger charge is -2.13. The SMILES string of the molecule is COC(=O)c1cc(S(=O)(=O)Nc2c(C)cccc2O)ccc1Br. The quantitative estimate of drug-likeness (QED) is 0.608. The topological polar surface area (TPSA) is 92.7 Å². The van der Waals surface area contributed by atoms with Crippen molar-refractivity contribution >= 4 is 37.6 Å². The number of hydrogen-bond donors (Lipinski definition) is 2. The lowest BCUT2D eigenvalue weighted by molar-refractivity contribution is 0.0599. The highest BCUT2D eigenvalue weighted by atomic mass is 79.9. The second-order valence-corrected chi connectivity index (χ2v) is 7.24. The summed E-state index contributed by atoms with van der Waals surface area (Å²) in [5.41, 5.74) is 0.748. The summed E-state index contributed by atoms with van der Waals surface area (Å²) in [4.78, 5) is 11.6. The van der Waals surface area contributed by atoms with Crippen LogP contribution in [0.25, 0.3) is 0 Å². The van der Waals surface area contributed by atoms with Gasteiger partial charge in [-0.25, -0.2) is 13.2 Å². The molecule has 0 unspecified atom stereocenters. The maximum atomic E-state index is 12.5. The standard InChI is InChI=1S/C15H14BrNO5S/c1-9-4-3-5-13(18)14(9)17-23(20,21)10-6-7-12(16)11(8-10)15(19)22-2/h3-8,17-18H,1-2H3. The number of carbonyl (C=O) groups is 1. The molecule has 8 heteroatoms. The summed E-state index contributed by atoms with van der Waals surface area (Å²) in [6, 6.07) is 8.64. The van der Waals surface area contributed by atoms with E-state index in [1.807, 2.05) is 0 Å². The van der Waals surface area contributed by atoms with Gasteiger partial charge < -0.3 is 9.84 Å². The highest BCUT2D eigenvalue weighted by Gasteiger charge is 2.20. The largest absolute Gasteiger partial charge is 0.506 e. The number of carbonyl (C=O) groups excluding carboxylic acids is 1. The van der Waals surface area contributed by atoms with Crippen LogP contribution >= 0.6 is 15.9 Å². The summed E-state index contributed by atoms with van der Waals surface area (Å²) in [5.74, 6) is -0.841. The predicted octanol–water partition coefficient (Wildman–Crippen LogP) is 3.05. The van der Waals surface area contributed by atoms with E-state index in [1.165, 1.54) is 31.4 Å². The maximum Gasteiger partial charge on any atom is 0.339 e. The van der Waals surface area contributed by atoms with Gasteiger partial charge in [-0.3, -0.25) is 4.72 Å². The Morgan fingerprint density at radius 1 is 1.26 bits per heavy atom. The zero-order chi connectivity index (χ0) is 17.2. The number of phenols is 1. The molecular weight excluding hydrogens is 386 g/mol. The Morgan fingerprint density at radius 2 is 1.96 bits per heavy atom. The van der Waals surface area contributed by atoms with Gasteiger partial charge in [0.15, 0.2) is 0 Å². The molecule has 0 aliphatic carbocycles. The average Bonchev–Trinajstić information content (AvgIpc) is 2.50. The van der Waals surface area contributed by atoms with Crippen molar-refractivity contribution in [2.45, 2.75) is 11.8 Å². The van der Waals surface area contributed by atoms with Gasteiger partial charge in [0.05, 0.1) is 23.3 Å². The molecule has 122 valence electrons. The Morgan fingerprint density at radius 3 is 2.57 bits per heavy atom. The number of halogens is 1. The first-order chi connectivity index (χ1) is 10.8. The molecule has 0 aliphatic heterocycles. The Labute approximate surface area is 142 Å². The van der Waals surface area contributed by atoms with Crippen LogP contribution in [0.1, 0.15) is 15.9 Å². The first kappa shape index (κ1) is 17.3. The van der Waals surface area contributed by atoms with E-state index in [1.54, 1.807) is 19.1 Å². The molecule has 2 rings (SSSR count). The van der Waals surface area contributed by atoms with Gasteiger partial charge in [-0.05, 0) is 52.7 Å². The van der Waals surface area contributed by atoms with Crippen molar-refractivity contribution in [3.05, 3.63) is 52.0 Å². The number of ether oxygens (including phenoxy) is 1. The molecule has 2 aromatic rings. The minimum absolute atomic E-state index is 0.0874. The van der Waals surface area contributed by atoms with Crippen molar-refractivity contribution in [2.24, 2.45) is 0 Å². The van der Waals surface area contributed by atoms with Crippen LogP contribution in [0.15, 0.2) is 45.8 Å². The van der Waals surface area contributed by atoms with Crippen molar-refractivity contribution in [1.82, 2.24) is 0 Å². The molecule has 0 aliphatic rings.